The number of phenolic OH excluding ortho intramolecular Hbond substituents is 1. The number of para-hydroxylation sites is 1. The second-order valence-corrected chi connectivity index (χ2v) is 4.51. The van der Waals surface area contributed by atoms with E-state index in [1.165, 1.54) is 19.1 Å². The van der Waals surface area contributed by atoms with Gasteiger partial charge in [-0.15, -0.1) is 0 Å². The molecule has 0 spiro atoms. The zero-order chi connectivity index (χ0) is 13.8. The SMILES string of the molecule is CCC(=O)N(N=Cc1ccccc1O)S(=O)(=O)O. The lowest BCUT2D eigenvalue weighted by atomic mass is 10.2. The van der Waals surface area contributed by atoms with E-state index < -0.39 is 16.2 Å². The van der Waals surface area contributed by atoms with Crippen LogP contribution in [0.4, 0.5) is 0 Å². The van der Waals surface area contributed by atoms with Gasteiger partial charge in [0.05, 0.1) is 6.21 Å². The Morgan fingerprint density at radius 3 is 2.56 bits per heavy atom. The Hall–Kier alpha value is -1.93. The van der Waals surface area contributed by atoms with Gasteiger partial charge in [-0.25, -0.2) is 0 Å². The van der Waals surface area contributed by atoms with E-state index in [0.717, 1.165) is 6.21 Å². The Balaban J connectivity index is 3.06. The summed E-state index contributed by atoms with van der Waals surface area (Å²) in [7, 11) is -4.76. The number of hydrazone groups is 1. The highest BCUT2D eigenvalue weighted by molar-refractivity contribution is 7.83. The predicted octanol–water partition coefficient (Wildman–Crippen LogP) is 0.768. The van der Waals surface area contributed by atoms with E-state index in [1.807, 2.05) is 0 Å². The number of hydrogen-bond donors (Lipinski definition) is 2. The van der Waals surface area contributed by atoms with Gasteiger partial charge in [0.25, 0.3) is 5.91 Å². The summed E-state index contributed by atoms with van der Waals surface area (Å²) >= 11 is 0. The fourth-order valence-corrected chi connectivity index (χ4v) is 1.65. The maximum atomic E-state index is 11.3. The second-order valence-electron chi connectivity index (χ2n) is 3.27. The molecule has 0 aliphatic rings. The lowest BCUT2D eigenvalue weighted by Gasteiger charge is -2.11. The van der Waals surface area contributed by atoms with Crippen molar-refractivity contribution in [2.75, 3.05) is 0 Å². The van der Waals surface area contributed by atoms with E-state index in [4.69, 9.17) is 4.55 Å². The molecule has 1 aromatic rings. The molecule has 0 aliphatic heterocycles. The molecular weight excluding hydrogens is 260 g/mol. The zero-order valence-electron chi connectivity index (χ0n) is 9.52. The van der Waals surface area contributed by atoms with Gasteiger partial charge in [-0.3, -0.25) is 9.35 Å². The number of benzene rings is 1. The molecule has 0 unspecified atom stereocenters. The number of aromatic hydroxyl groups is 1. The van der Waals surface area contributed by atoms with E-state index in [1.54, 1.807) is 12.1 Å². The van der Waals surface area contributed by atoms with E-state index in [2.05, 4.69) is 5.10 Å². The highest BCUT2D eigenvalue weighted by Crippen LogP contribution is 2.13. The van der Waals surface area contributed by atoms with Crippen molar-refractivity contribution >= 4 is 22.4 Å². The first-order chi connectivity index (χ1) is 8.36. The van der Waals surface area contributed by atoms with Crippen LogP contribution in [0.5, 0.6) is 5.75 Å². The summed E-state index contributed by atoms with van der Waals surface area (Å²) in [5.74, 6) is -1.01. The Labute approximate surface area is 104 Å². The summed E-state index contributed by atoms with van der Waals surface area (Å²) in [6, 6.07) is 6.02. The van der Waals surface area contributed by atoms with Crippen LogP contribution >= 0.6 is 0 Å². The monoisotopic (exact) mass is 272 g/mol. The van der Waals surface area contributed by atoms with Crippen LogP contribution in [0.2, 0.25) is 0 Å². The van der Waals surface area contributed by atoms with Gasteiger partial charge in [-0.1, -0.05) is 23.5 Å². The van der Waals surface area contributed by atoms with Crippen molar-refractivity contribution in [1.29, 1.82) is 0 Å². The molecule has 98 valence electrons. The third kappa shape index (κ3) is 3.54. The Morgan fingerprint density at radius 1 is 1.44 bits per heavy atom. The highest BCUT2D eigenvalue weighted by Gasteiger charge is 2.23. The lowest BCUT2D eigenvalue weighted by Crippen LogP contribution is -2.31. The number of rotatable bonds is 4. The number of carbonyl (C=O) groups is 1. The lowest BCUT2D eigenvalue weighted by molar-refractivity contribution is -0.126. The van der Waals surface area contributed by atoms with Gasteiger partial charge in [0.1, 0.15) is 5.75 Å². The minimum Gasteiger partial charge on any atom is -0.507 e. The van der Waals surface area contributed by atoms with Crippen molar-refractivity contribution in [3.8, 4) is 5.75 Å². The second kappa shape index (κ2) is 5.61. The Kier molecular flexibility index (Phi) is 4.40. The standard InChI is InChI=1S/C10H12N2O5S/c1-2-10(14)12(18(15,16)17)11-7-8-5-3-4-6-9(8)13/h3-7,13H,2H2,1H3,(H,15,16,17). The summed E-state index contributed by atoms with van der Waals surface area (Å²) < 4.78 is 30.6. The van der Waals surface area contributed by atoms with Crippen LogP contribution in [0, 0.1) is 0 Å². The van der Waals surface area contributed by atoms with E-state index >= 15 is 0 Å². The molecule has 1 aromatic carbocycles. The minimum atomic E-state index is -4.76. The van der Waals surface area contributed by atoms with Crippen molar-refractivity contribution < 1.29 is 22.9 Å². The third-order valence-corrected chi connectivity index (χ3v) is 2.71. The molecule has 0 bridgehead atoms. The summed E-state index contributed by atoms with van der Waals surface area (Å²) in [4.78, 5) is 11.3. The van der Waals surface area contributed by atoms with Crippen molar-refractivity contribution in [1.82, 2.24) is 4.41 Å². The molecule has 0 heterocycles. The molecule has 0 radical (unpaired) electrons. The molecule has 0 atom stereocenters. The van der Waals surface area contributed by atoms with E-state index in [0.29, 0.717) is 0 Å². The average Bonchev–Trinajstić information content (AvgIpc) is 2.29. The fraction of sp³-hybridized carbons (Fsp3) is 0.200. The number of nitrogens with zero attached hydrogens (tertiary/aromatic N) is 2. The van der Waals surface area contributed by atoms with Gasteiger partial charge < -0.3 is 5.11 Å². The van der Waals surface area contributed by atoms with Crippen molar-refractivity contribution in [2.45, 2.75) is 13.3 Å². The van der Waals surface area contributed by atoms with Gasteiger partial charge in [0.2, 0.25) is 0 Å². The normalized spacial score (nSPS) is 11.7. The predicted molar refractivity (Wildman–Crippen MR) is 64.4 cm³/mol. The van der Waals surface area contributed by atoms with E-state index in [9.17, 15) is 18.3 Å². The number of carbonyl (C=O) groups excluding carboxylic acids is 1. The molecule has 1 rings (SSSR count). The van der Waals surface area contributed by atoms with Crippen LogP contribution in [0.15, 0.2) is 29.4 Å². The van der Waals surface area contributed by atoms with Crippen molar-refractivity contribution in [3.05, 3.63) is 29.8 Å². The van der Waals surface area contributed by atoms with Crippen LogP contribution < -0.4 is 0 Å². The minimum absolute atomic E-state index is 0.0283. The van der Waals surface area contributed by atoms with Crippen LogP contribution in [0.3, 0.4) is 0 Å². The highest BCUT2D eigenvalue weighted by atomic mass is 32.2. The molecule has 0 aliphatic carbocycles. The molecule has 0 aromatic heterocycles. The quantitative estimate of drug-likeness (QED) is 0.478. The van der Waals surface area contributed by atoms with Crippen LogP contribution in [0.25, 0.3) is 0 Å². The molecular formula is C10H12N2O5S. The van der Waals surface area contributed by atoms with Crippen molar-refractivity contribution in [3.63, 3.8) is 0 Å². The number of hydrogen-bond acceptors (Lipinski definition) is 5. The first kappa shape index (κ1) is 14.1. The molecule has 8 heteroatoms. The van der Waals surface area contributed by atoms with Crippen molar-refractivity contribution in [2.24, 2.45) is 5.10 Å². The molecule has 0 saturated carbocycles. The van der Waals surface area contributed by atoms with Gasteiger partial charge in [0.15, 0.2) is 0 Å². The first-order valence-electron chi connectivity index (χ1n) is 4.98. The maximum Gasteiger partial charge on any atom is 0.382 e. The number of phenols is 1. The average molecular weight is 272 g/mol. The van der Waals surface area contributed by atoms with Crippen LogP contribution in [-0.2, 0) is 15.1 Å². The third-order valence-electron chi connectivity index (χ3n) is 1.97. The molecule has 2 N–H and O–H groups in total. The summed E-state index contributed by atoms with van der Waals surface area (Å²) in [5, 5.41) is 12.8. The molecule has 18 heavy (non-hydrogen) atoms. The van der Waals surface area contributed by atoms with Crippen LogP contribution in [-0.4, -0.2) is 34.6 Å². The summed E-state index contributed by atoms with van der Waals surface area (Å²) in [6.07, 6.45) is 0.828. The van der Waals surface area contributed by atoms with Gasteiger partial charge in [-0.05, 0) is 12.1 Å². The number of amides is 1. The van der Waals surface area contributed by atoms with Gasteiger partial charge in [0, 0.05) is 12.0 Å². The Morgan fingerprint density at radius 2 is 2.06 bits per heavy atom. The molecule has 0 fully saturated rings. The summed E-state index contributed by atoms with van der Waals surface area (Å²) in [5.41, 5.74) is 0.218. The first-order valence-corrected chi connectivity index (χ1v) is 6.38. The fourth-order valence-electron chi connectivity index (χ4n) is 1.10. The Bertz CT molecular complexity index is 567. The smallest absolute Gasteiger partial charge is 0.382 e. The topological polar surface area (TPSA) is 107 Å². The molecule has 1 amide bonds. The van der Waals surface area contributed by atoms with E-state index in [-0.39, 0.29) is 22.1 Å². The molecule has 0 saturated heterocycles. The van der Waals surface area contributed by atoms with Gasteiger partial charge >= 0.3 is 10.3 Å². The van der Waals surface area contributed by atoms with Crippen LogP contribution in [0.1, 0.15) is 18.9 Å². The largest absolute Gasteiger partial charge is 0.507 e. The molecule has 7 nitrogen and oxygen atoms in total. The maximum absolute atomic E-state index is 11.3. The summed E-state index contributed by atoms with van der Waals surface area (Å²) in [6.45, 7) is 1.43. The van der Waals surface area contributed by atoms with Gasteiger partial charge in [-0.2, -0.15) is 13.5 Å². The zero-order valence-corrected chi connectivity index (χ0v) is 10.3.